The minimum atomic E-state index is -0.253. The van der Waals surface area contributed by atoms with E-state index in [9.17, 15) is 9.90 Å². The van der Waals surface area contributed by atoms with Crippen LogP contribution >= 0.6 is 0 Å². The van der Waals surface area contributed by atoms with Crippen molar-refractivity contribution in [3.8, 4) is 0 Å². The number of likely N-dealkylation sites (tertiary alicyclic amines) is 1. The van der Waals surface area contributed by atoms with E-state index in [0.717, 1.165) is 16.5 Å². The van der Waals surface area contributed by atoms with Crippen molar-refractivity contribution in [1.82, 2.24) is 9.47 Å². The number of carbonyl (C=O) groups is 1. The molecule has 1 aliphatic heterocycles. The van der Waals surface area contributed by atoms with Crippen LogP contribution in [0.3, 0.4) is 0 Å². The smallest absolute Gasteiger partial charge is 0.256 e. The zero-order valence-corrected chi connectivity index (χ0v) is 11.0. The first kappa shape index (κ1) is 12.2. The van der Waals surface area contributed by atoms with Gasteiger partial charge in [-0.3, -0.25) is 4.79 Å². The van der Waals surface area contributed by atoms with Gasteiger partial charge in [0.25, 0.3) is 5.91 Å². The maximum atomic E-state index is 12.6. The lowest BCUT2D eigenvalue weighted by Gasteiger charge is -2.29. The summed E-state index contributed by atoms with van der Waals surface area (Å²) < 4.78 is 1.99. The Balaban J connectivity index is 1.94. The fraction of sp³-hybridized carbons (Fsp3) is 0.400. The second-order valence-corrected chi connectivity index (χ2v) is 5.19. The molecule has 0 radical (unpaired) electrons. The Morgan fingerprint density at radius 1 is 1.26 bits per heavy atom. The van der Waals surface area contributed by atoms with Gasteiger partial charge in [0.1, 0.15) is 0 Å². The van der Waals surface area contributed by atoms with Crippen molar-refractivity contribution >= 4 is 16.8 Å². The quantitative estimate of drug-likeness (QED) is 0.847. The predicted molar refractivity (Wildman–Crippen MR) is 74.1 cm³/mol. The standard InChI is InChI=1S/C15H18N2O2/c1-16-10-13(12-4-2-3-5-14(12)16)15(19)17-8-6-11(18)7-9-17/h2-5,10-11,18H,6-9H2,1H3. The van der Waals surface area contributed by atoms with E-state index >= 15 is 0 Å². The number of carbonyl (C=O) groups excluding carboxylic acids is 1. The van der Waals surface area contributed by atoms with Gasteiger partial charge in [0.15, 0.2) is 0 Å². The number of hydrogen-bond acceptors (Lipinski definition) is 2. The summed E-state index contributed by atoms with van der Waals surface area (Å²) in [7, 11) is 1.96. The van der Waals surface area contributed by atoms with Gasteiger partial charge in [-0.2, -0.15) is 0 Å². The SMILES string of the molecule is Cn1cc(C(=O)N2CCC(O)CC2)c2ccccc21. The predicted octanol–water partition coefficient (Wildman–Crippen LogP) is 1.78. The number of benzene rings is 1. The van der Waals surface area contributed by atoms with Crippen LogP contribution in [-0.2, 0) is 7.05 Å². The van der Waals surface area contributed by atoms with Gasteiger partial charge in [0, 0.05) is 37.2 Å². The van der Waals surface area contributed by atoms with Crippen molar-refractivity contribution in [3.05, 3.63) is 36.0 Å². The lowest BCUT2D eigenvalue weighted by atomic mass is 10.1. The van der Waals surface area contributed by atoms with Crippen LogP contribution in [0, 0.1) is 0 Å². The van der Waals surface area contributed by atoms with Crippen LogP contribution in [0.5, 0.6) is 0 Å². The molecule has 1 aromatic heterocycles. The molecule has 0 saturated carbocycles. The number of aryl methyl sites for hydroxylation is 1. The maximum absolute atomic E-state index is 12.6. The molecule has 4 nitrogen and oxygen atoms in total. The fourth-order valence-corrected chi connectivity index (χ4v) is 2.75. The molecule has 3 rings (SSSR count). The summed E-state index contributed by atoms with van der Waals surface area (Å²) >= 11 is 0. The maximum Gasteiger partial charge on any atom is 0.256 e. The highest BCUT2D eigenvalue weighted by molar-refractivity contribution is 6.07. The minimum absolute atomic E-state index is 0.0729. The number of aromatic nitrogens is 1. The van der Waals surface area contributed by atoms with Crippen LogP contribution in [0.2, 0.25) is 0 Å². The monoisotopic (exact) mass is 258 g/mol. The molecule has 0 unspecified atom stereocenters. The highest BCUT2D eigenvalue weighted by atomic mass is 16.3. The number of amides is 1. The molecule has 2 aromatic rings. The number of hydrogen-bond donors (Lipinski definition) is 1. The second kappa shape index (κ2) is 4.70. The molecule has 2 heterocycles. The third kappa shape index (κ3) is 2.12. The lowest BCUT2D eigenvalue weighted by Crippen LogP contribution is -2.40. The Kier molecular flexibility index (Phi) is 3.03. The van der Waals surface area contributed by atoms with E-state index in [4.69, 9.17) is 0 Å². The third-order valence-corrected chi connectivity index (χ3v) is 3.88. The highest BCUT2D eigenvalue weighted by Crippen LogP contribution is 2.23. The van der Waals surface area contributed by atoms with E-state index in [0.29, 0.717) is 25.9 Å². The van der Waals surface area contributed by atoms with Gasteiger partial charge >= 0.3 is 0 Å². The summed E-state index contributed by atoms with van der Waals surface area (Å²) in [6, 6.07) is 7.94. The van der Waals surface area contributed by atoms with Crippen LogP contribution in [0.1, 0.15) is 23.2 Å². The number of fused-ring (bicyclic) bond motifs is 1. The van der Waals surface area contributed by atoms with E-state index in [-0.39, 0.29) is 12.0 Å². The van der Waals surface area contributed by atoms with Crippen molar-refractivity contribution in [3.63, 3.8) is 0 Å². The summed E-state index contributed by atoms with van der Waals surface area (Å²) in [5.41, 5.74) is 1.83. The number of aliphatic hydroxyl groups excluding tert-OH is 1. The molecule has 1 fully saturated rings. The van der Waals surface area contributed by atoms with E-state index in [1.54, 1.807) is 0 Å². The van der Waals surface area contributed by atoms with Crippen molar-refractivity contribution in [2.75, 3.05) is 13.1 Å². The summed E-state index contributed by atoms with van der Waals surface area (Å²) in [6.45, 7) is 1.28. The Bertz CT molecular complexity index is 610. The number of para-hydroxylation sites is 1. The number of rotatable bonds is 1. The molecule has 1 N–H and O–H groups in total. The van der Waals surface area contributed by atoms with E-state index in [1.165, 1.54) is 0 Å². The zero-order chi connectivity index (χ0) is 13.4. The summed E-state index contributed by atoms with van der Waals surface area (Å²) in [5.74, 6) is 0.0729. The number of nitrogens with zero attached hydrogens (tertiary/aromatic N) is 2. The topological polar surface area (TPSA) is 45.5 Å². The van der Waals surface area contributed by atoms with Crippen molar-refractivity contribution in [2.45, 2.75) is 18.9 Å². The van der Waals surface area contributed by atoms with Gasteiger partial charge in [-0.05, 0) is 18.9 Å². The summed E-state index contributed by atoms with van der Waals surface area (Å²) in [6.07, 6.45) is 3.00. The van der Waals surface area contributed by atoms with Gasteiger partial charge in [-0.15, -0.1) is 0 Å². The highest BCUT2D eigenvalue weighted by Gasteiger charge is 2.24. The van der Waals surface area contributed by atoms with E-state index in [2.05, 4.69) is 0 Å². The minimum Gasteiger partial charge on any atom is -0.393 e. The third-order valence-electron chi connectivity index (χ3n) is 3.88. The molecule has 1 aliphatic rings. The molecule has 1 amide bonds. The number of piperidine rings is 1. The van der Waals surface area contributed by atoms with Crippen molar-refractivity contribution < 1.29 is 9.90 Å². The Morgan fingerprint density at radius 3 is 2.68 bits per heavy atom. The Hall–Kier alpha value is -1.81. The van der Waals surface area contributed by atoms with E-state index in [1.807, 2.05) is 47.0 Å². The van der Waals surface area contributed by atoms with Crippen molar-refractivity contribution in [1.29, 1.82) is 0 Å². The molecular weight excluding hydrogens is 240 g/mol. The molecule has 19 heavy (non-hydrogen) atoms. The molecular formula is C15H18N2O2. The number of aliphatic hydroxyl groups is 1. The first-order valence-electron chi connectivity index (χ1n) is 6.68. The second-order valence-electron chi connectivity index (χ2n) is 5.19. The van der Waals surface area contributed by atoms with E-state index < -0.39 is 0 Å². The molecule has 0 spiro atoms. The Labute approximate surface area is 112 Å². The van der Waals surface area contributed by atoms with Gasteiger partial charge in [0.2, 0.25) is 0 Å². The lowest BCUT2D eigenvalue weighted by molar-refractivity contribution is 0.0548. The average molecular weight is 258 g/mol. The van der Waals surface area contributed by atoms with Crippen LogP contribution in [-0.4, -0.2) is 39.7 Å². The Morgan fingerprint density at radius 2 is 1.95 bits per heavy atom. The van der Waals surface area contributed by atoms with Crippen molar-refractivity contribution in [2.24, 2.45) is 7.05 Å². The average Bonchev–Trinajstić information content (AvgIpc) is 2.77. The van der Waals surface area contributed by atoms with Crippen LogP contribution < -0.4 is 0 Å². The summed E-state index contributed by atoms with van der Waals surface area (Å²) in [5, 5.41) is 10.5. The fourth-order valence-electron chi connectivity index (χ4n) is 2.75. The largest absolute Gasteiger partial charge is 0.393 e. The summed E-state index contributed by atoms with van der Waals surface area (Å²) in [4.78, 5) is 14.4. The van der Waals surface area contributed by atoms with Gasteiger partial charge < -0.3 is 14.6 Å². The molecule has 0 atom stereocenters. The molecule has 1 aromatic carbocycles. The van der Waals surface area contributed by atoms with Crippen LogP contribution in [0.25, 0.3) is 10.9 Å². The first-order valence-corrected chi connectivity index (χ1v) is 6.68. The van der Waals surface area contributed by atoms with Crippen LogP contribution in [0.4, 0.5) is 0 Å². The van der Waals surface area contributed by atoms with Crippen LogP contribution in [0.15, 0.2) is 30.5 Å². The zero-order valence-electron chi connectivity index (χ0n) is 11.0. The molecule has 100 valence electrons. The van der Waals surface area contributed by atoms with Gasteiger partial charge in [-0.25, -0.2) is 0 Å². The van der Waals surface area contributed by atoms with Gasteiger partial charge in [0.05, 0.1) is 11.7 Å². The van der Waals surface area contributed by atoms with Gasteiger partial charge in [-0.1, -0.05) is 18.2 Å². The molecule has 0 aliphatic carbocycles. The molecule has 4 heteroatoms. The molecule has 1 saturated heterocycles. The molecule has 0 bridgehead atoms. The first-order chi connectivity index (χ1) is 9.16. The normalized spacial score (nSPS) is 17.1.